The fourth-order valence-electron chi connectivity index (χ4n) is 3.75. The van der Waals surface area contributed by atoms with Crippen LogP contribution in [0.25, 0.3) is 5.76 Å². The molecule has 0 spiro atoms. The van der Waals surface area contributed by atoms with E-state index in [2.05, 4.69) is 0 Å². The second-order valence-corrected chi connectivity index (χ2v) is 7.38. The van der Waals surface area contributed by atoms with Crippen LogP contribution in [0.2, 0.25) is 0 Å². The van der Waals surface area contributed by atoms with Crippen molar-refractivity contribution in [1.29, 1.82) is 0 Å². The van der Waals surface area contributed by atoms with Crippen LogP contribution in [0.3, 0.4) is 0 Å². The van der Waals surface area contributed by atoms with Gasteiger partial charge in [0.05, 0.1) is 38.0 Å². The van der Waals surface area contributed by atoms with Crippen LogP contribution < -0.4 is 4.74 Å². The zero-order chi connectivity index (χ0) is 23.1. The number of aliphatic hydroxyl groups excluding tert-OH is 2. The third kappa shape index (κ3) is 5.00. The van der Waals surface area contributed by atoms with E-state index >= 15 is 0 Å². The Kier molecular flexibility index (Phi) is 8.03. The number of carbonyl (C=O) groups excluding carboxylic acids is 2. The number of benzene rings is 2. The van der Waals surface area contributed by atoms with Crippen molar-refractivity contribution in [3.05, 3.63) is 70.8 Å². The highest BCUT2D eigenvalue weighted by molar-refractivity contribution is 6.46. The molecule has 1 aliphatic heterocycles. The SMILES string of the molecule is CCOc1ccc(/C(O)=C2/C(=O)C(=O)N(CCOCCO)C2c2ccc(CC)cc2)cc1. The van der Waals surface area contributed by atoms with E-state index in [1.165, 1.54) is 4.90 Å². The summed E-state index contributed by atoms with van der Waals surface area (Å²) >= 11 is 0. The third-order valence-electron chi connectivity index (χ3n) is 5.39. The molecule has 2 aromatic rings. The van der Waals surface area contributed by atoms with E-state index in [9.17, 15) is 14.7 Å². The number of carbonyl (C=O) groups is 2. The van der Waals surface area contributed by atoms with Crippen LogP contribution in [0.15, 0.2) is 54.1 Å². The summed E-state index contributed by atoms with van der Waals surface area (Å²) in [4.78, 5) is 27.3. The van der Waals surface area contributed by atoms with Gasteiger partial charge in [0.25, 0.3) is 11.7 Å². The fourth-order valence-corrected chi connectivity index (χ4v) is 3.75. The number of aryl methyl sites for hydroxylation is 1. The molecule has 1 fully saturated rings. The van der Waals surface area contributed by atoms with Crippen LogP contribution in [0, 0.1) is 0 Å². The third-order valence-corrected chi connectivity index (χ3v) is 5.39. The number of nitrogens with zero attached hydrogens (tertiary/aromatic N) is 1. The molecule has 2 N–H and O–H groups in total. The number of likely N-dealkylation sites (tertiary alicyclic amines) is 1. The zero-order valence-corrected chi connectivity index (χ0v) is 18.4. The van der Waals surface area contributed by atoms with Crippen LogP contribution in [0.5, 0.6) is 5.75 Å². The maximum Gasteiger partial charge on any atom is 0.295 e. The lowest BCUT2D eigenvalue weighted by molar-refractivity contribution is -0.140. The molecule has 1 aliphatic rings. The van der Waals surface area contributed by atoms with Gasteiger partial charge >= 0.3 is 0 Å². The van der Waals surface area contributed by atoms with Crippen molar-refractivity contribution >= 4 is 17.4 Å². The van der Waals surface area contributed by atoms with Gasteiger partial charge < -0.3 is 24.6 Å². The summed E-state index contributed by atoms with van der Waals surface area (Å²) < 4.78 is 10.8. The van der Waals surface area contributed by atoms with Crippen molar-refractivity contribution in [2.24, 2.45) is 0 Å². The summed E-state index contributed by atoms with van der Waals surface area (Å²) in [7, 11) is 0. The lowest BCUT2D eigenvalue weighted by atomic mass is 9.94. The van der Waals surface area contributed by atoms with Crippen molar-refractivity contribution in [3.8, 4) is 5.75 Å². The van der Waals surface area contributed by atoms with E-state index in [1.54, 1.807) is 24.3 Å². The first-order chi connectivity index (χ1) is 15.5. The Hall–Kier alpha value is -3.16. The summed E-state index contributed by atoms with van der Waals surface area (Å²) in [6.45, 7) is 4.78. The number of hydrogen-bond donors (Lipinski definition) is 2. The Morgan fingerprint density at radius 1 is 1.00 bits per heavy atom. The molecule has 0 aromatic heterocycles. The molecule has 2 aromatic carbocycles. The average Bonchev–Trinajstić information content (AvgIpc) is 3.07. The fraction of sp³-hybridized carbons (Fsp3) is 0.360. The van der Waals surface area contributed by atoms with E-state index in [-0.39, 0.29) is 37.7 Å². The van der Waals surface area contributed by atoms with Gasteiger partial charge in [-0.15, -0.1) is 0 Å². The predicted molar refractivity (Wildman–Crippen MR) is 120 cm³/mol. The van der Waals surface area contributed by atoms with Gasteiger partial charge in [0, 0.05) is 12.1 Å². The Balaban J connectivity index is 2.02. The van der Waals surface area contributed by atoms with Crippen LogP contribution in [0.1, 0.15) is 36.6 Å². The zero-order valence-electron chi connectivity index (χ0n) is 18.4. The van der Waals surface area contributed by atoms with Gasteiger partial charge in [0.2, 0.25) is 0 Å². The molecule has 0 saturated carbocycles. The molecule has 32 heavy (non-hydrogen) atoms. The highest BCUT2D eigenvalue weighted by Gasteiger charge is 2.45. The second-order valence-electron chi connectivity index (χ2n) is 7.38. The summed E-state index contributed by atoms with van der Waals surface area (Å²) in [6, 6.07) is 13.7. The predicted octanol–water partition coefficient (Wildman–Crippen LogP) is 3.08. The van der Waals surface area contributed by atoms with Gasteiger partial charge in [-0.3, -0.25) is 9.59 Å². The van der Waals surface area contributed by atoms with Crippen molar-refractivity contribution in [2.45, 2.75) is 26.3 Å². The van der Waals surface area contributed by atoms with E-state index in [4.69, 9.17) is 14.6 Å². The first-order valence-electron chi connectivity index (χ1n) is 10.8. The molecule has 0 bridgehead atoms. The lowest BCUT2D eigenvalue weighted by Gasteiger charge is -2.25. The van der Waals surface area contributed by atoms with Crippen molar-refractivity contribution in [3.63, 3.8) is 0 Å². The van der Waals surface area contributed by atoms with Gasteiger partial charge in [0.15, 0.2) is 0 Å². The topological polar surface area (TPSA) is 96.3 Å². The summed E-state index contributed by atoms with van der Waals surface area (Å²) in [5.74, 6) is -0.996. The highest BCUT2D eigenvalue weighted by atomic mass is 16.5. The minimum atomic E-state index is -0.733. The van der Waals surface area contributed by atoms with Crippen molar-refractivity contribution in [2.75, 3.05) is 33.0 Å². The summed E-state index contributed by atoms with van der Waals surface area (Å²) in [5, 5.41) is 20.0. The Bertz CT molecular complexity index is 965. The minimum absolute atomic E-state index is 0.0468. The van der Waals surface area contributed by atoms with Crippen LogP contribution in [-0.2, 0) is 20.7 Å². The largest absolute Gasteiger partial charge is 0.507 e. The van der Waals surface area contributed by atoms with Gasteiger partial charge in [-0.25, -0.2) is 0 Å². The molecule has 1 amide bonds. The Labute approximate surface area is 187 Å². The molecular weight excluding hydrogens is 410 g/mol. The molecule has 1 heterocycles. The lowest BCUT2D eigenvalue weighted by Crippen LogP contribution is -2.33. The number of amides is 1. The number of aliphatic hydroxyl groups is 2. The number of ether oxygens (including phenoxy) is 2. The number of ketones is 1. The molecule has 0 aliphatic carbocycles. The molecule has 7 nitrogen and oxygen atoms in total. The molecular formula is C25H29NO6. The second kappa shape index (κ2) is 10.9. The van der Waals surface area contributed by atoms with E-state index in [0.29, 0.717) is 17.9 Å². The molecule has 3 rings (SSSR count). The number of hydrogen-bond acceptors (Lipinski definition) is 6. The minimum Gasteiger partial charge on any atom is -0.507 e. The van der Waals surface area contributed by atoms with E-state index < -0.39 is 17.7 Å². The average molecular weight is 440 g/mol. The smallest absolute Gasteiger partial charge is 0.295 e. The number of Topliss-reactive ketones (excluding diaryl/α,β-unsaturated/α-hetero) is 1. The molecule has 1 unspecified atom stereocenters. The first kappa shape index (κ1) is 23.5. The standard InChI is InChI=1S/C25H29NO6/c1-3-17-5-7-18(8-6-17)22-21(23(28)19-9-11-20(12-10-19)32-4-2)24(29)25(30)26(22)13-15-31-16-14-27/h5-12,22,27-28H,3-4,13-16H2,1-2H3/b23-21-. The summed E-state index contributed by atoms with van der Waals surface area (Å²) in [6.07, 6.45) is 0.863. The van der Waals surface area contributed by atoms with Crippen LogP contribution >= 0.6 is 0 Å². The van der Waals surface area contributed by atoms with Crippen LogP contribution in [0.4, 0.5) is 0 Å². The number of rotatable bonds is 10. The maximum atomic E-state index is 13.0. The normalized spacial score (nSPS) is 17.7. The van der Waals surface area contributed by atoms with E-state index in [0.717, 1.165) is 17.5 Å². The molecule has 1 saturated heterocycles. The molecule has 170 valence electrons. The molecule has 7 heteroatoms. The highest BCUT2D eigenvalue weighted by Crippen LogP contribution is 2.39. The Morgan fingerprint density at radius 2 is 1.69 bits per heavy atom. The van der Waals surface area contributed by atoms with Crippen molar-refractivity contribution in [1.82, 2.24) is 4.90 Å². The quantitative estimate of drug-likeness (QED) is 0.256. The summed E-state index contributed by atoms with van der Waals surface area (Å²) in [5.41, 5.74) is 2.34. The maximum absolute atomic E-state index is 13.0. The Morgan fingerprint density at radius 3 is 2.28 bits per heavy atom. The van der Waals surface area contributed by atoms with Gasteiger partial charge in [0.1, 0.15) is 11.5 Å². The van der Waals surface area contributed by atoms with Gasteiger partial charge in [-0.1, -0.05) is 31.2 Å². The molecule has 0 radical (unpaired) electrons. The monoisotopic (exact) mass is 439 g/mol. The van der Waals surface area contributed by atoms with Crippen LogP contribution in [-0.4, -0.2) is 59.8 Å². The molecule has 1 atom stereocenters. The van der Waals surface area contributed by atoms with Gasteiger partial charge in [-0.05, 0) is 48.7 Å². The first-order valence-corrected chi connectivity index (χ1v) is 10.8. The van der Waals surface area contributed by atoms with Crippen molar-refractivity contribution < 1.29 is 29.3 Å². The van der Waals surface area contributed by atoms with E-state index in [1.807, 2.05) is 38.1 Å². The van der Waals surface area contributed by atoms with Gasteiger partial charge in [-0.2, -0.15) is 0 Å².